The van der Waals surface area contributed by atoms with Crippen LogP contribution in [0.2, 0.25) is 0 Å². The monoisotopic (exact) mass is 475 g/mol. The van der Waals surface area contributed by atoms with Crippen LogP contribution in [-0.4, -0.2) is 53.3 Å². The Morgan fingerprint density at radius 2 is 1.60 bits per heavy atom. The fourth-order valence-corrected chi connectivity index (χ4v) is 3.70. The molecule has 0 radical (unpaired) electrons. The van der Waals surface area contributed by atoms with E-state index >= 15 is 0 Å². The highest BCUT2D eigenvalue weighted by Gasteiger charge is 2.16. The van der Waals surface area contributed by atoms with Crippen molar-refractivity contribution in [2.75, 3.05) is 47.7 Å². The molecule has 182 valence electrons. The molecule has 0 spiro atoms. The molecule has 1 aliphatic rings. The lowest BCUT2D eigenvalue weighted by Gasteiger charge is -2.21. The first-order valence-electron chi connectivity index (χ1n) is 11.6. The van der Waals surface area contributed by atoms with Crippen molar-refractivity contribution in [3.8, 4) is 0 Å². The molecule has 1 aliphatic heterocycles. The van der Waals surface area contributed by atoms with Gasteiger partial charge in [0.25, 0.3) is 5.69 Å². The lowest BCUT2D eigenvalue weighted by Crippen LogP contribution is -2.26. The zero-order chi connectivity index (χ0) is 24.6. The maximum atomic E-state index is 10.9. The van der Waals surface area contributed by atoms with Crippen molar-refractivity contribution >= 4 is 41.1 Å². The summed E-state index contributed by atoms with van der Waals surface area (Å²) in [5.41, 5.74) is 5.62. The third-order valence-corrected chi connectivity index (χ3v) is 5.63. The van der Waals surface area contributed by atoms with Crippen LogP contribution >= 0.6 is 0 Å². The molecule has 2 aromatic carbocycles. The highest BCUT2D eigenvalue weighted by molar-refractivity contribution is 5.80. The summed E-state index contributed by atoms with van der Waals surface area (Å²) in [7, 11) is 3.99. The molecule has 11 nitrogen and oxygen atoms in total. The van der Waals surface area contributed by atoms with E-state index in [1.807, 2.05) is 43.3 Å². The number of hydrogen-bond donors (Lipinski definition) is 2. The number of hydrazone groups is 1. The first-order chi connectivity index (χ1) is 17.0. The Morgan fingerprint density at radius 1 is 0.943 bits per heavy atom. The lowest BCUT2D eigenvalue weighted by molar-refractivity contribution is -0.384. The first-order valence-corrected chi connectivity index (χ1v) is 11.6. The van der Waals surface area contributed by atoms with Crippen molar-refractivity contribution in [2.24, 2.45) is 5.10 Å². The Kier molecular flexibility index (Phi) is 7.66. The quantitative estimate of drug-likeness (QED) is 0.277. The van der Waals surface area contributed by atoms with Gasteiger partial charge in [-0.1, -0.05) is 25.0 Å². The van der Waals surface area contributed by atoms with Gasteiger partial charge < -0.3 is 15.1 Å². The molecule has 0 aliphatic carbocycles. The summed E-state index contributed by atoms with van der Waals surface area (Å²) >= 11 is 0. The molecule has 2 N–H and O–H groups in total. The summed E-state index contributed by atoms with van der Waals surface area (Å²) in [6.07, 6.45) is 6.26. The average molecular weight is 476 g/mol. The van der Waals surface area contributed by atoms with Gasteiger partial charge in [-0.3, -0.25) is 10.1 Å². The second kappa shape index (κ2) is 11.2. The van der Waals surface area contributed by atoms with E-state index < -0.39 is 4.92 Å². The van der Waals surface area contributed by atoms with E-state index in [2.05, 4.69) is 35.7 Å². The Balaban J connectivity index is 1.54. The Labute approximate surface area is 204 Å². The van der Waals surface area contributed by atoms with Crippen LogP contribution in [0.1, 0.15) is 31.2 Å². The Hall–Kier alpha value is -4.28. The smallest absolute Gasteiger partial charge is 0.269 e. The van der Waals surface area contributed by atoms with Gasteiger partial charge in [-0.05, 0) is 42.7 Å². The molecule has 0 unspecified atom stereocenters. The van der Waals surface area contributed by atoms with Gasteiger partial charge >= 0.3 is 0 Å². The molecule has 2 heterocycles. The fourth-order valence-electron chi connectivity index (χ4n) is 3.70. The zero-order valence-corrected chi connectivity index (χ0v) is 19.9. The van der Waals surface area contributed by atoms with Gasteiger partial charge in [0.15, 0.2) is 0 Å². The van der Waals surface area contributed by atoms with E-state index in [9.17, 15) is 10.1 Å². The number of nitro benzene ring substituents is 1. The van der Waals surface area contributed by atoms with Crippen molar-refractivity contribution < 1.29 is 4.92 Å². The number of non-ortho nitro benzene ring substituents is 1. The maximum Gasteiger partial charge on any atom is 0.269 e. The zero-order valence-electron chi connectivity index (χ0n) is 19.9. The van der Waals surface area contributed by atoms with E-state index in [0.717, 1.165) is 37.2 Å². The molecule has 1 fully saturated rings. The summed E-state index contributed by atoms with van der Waals surface area (Å²) in [6.45, 7) is 1.75. The largest absolute Gasteiger partial charge is 0.378 e. The van der Waals surface area contributed by atoms with Gasteiger partial charge in [-0.15, -0.1) is 0 Å². The predicted octanol–water partition coefficient (Wildman–Crippen LogP) is 4.42. The molecule has 11 heteroatoms. The van der Waals surface area contributed by atoms with Crippen molar-refractivity contribution in [2.45, 2.75) is 25.7 Å². The Bertz CT molecular complexity index is 1160. The number of rotatable bonds is 8. The van der Waals surface area contributed by atoms with E-state index in [-0.39, 0.29) is 5.69 Å². The van der Waals surface area contributed by atoms with Crippen molar-refractivity contribution in [3.05, 3.63) is 64.2 Å². The number of aromatic nitrogens is 3. The summed E-state index contributed by atoms with van der Waals surface area (Å²) in [5, 5.41) is 18.4. The van der Waals surface area contributed by atoms with Gasteiger partial charge in [-0.25, -0.2) is 5.43 Å². The standard InChI is InChI=1S/C24H29N9O2/c1-31(2)20-11-7-18(8-12-20)17-25-30-23-27-22(26-19-9-13-21(14-10-19)33(34)35)28-24(29-23)32-15-5-3-4-6-16-32/h7-14,17H,3-6,15-16H2,1-2H3,(H2,26,27,28,29,30). The summed E-state index contributed by atoms with van der Waals surface area (Å²) < 4.78 is 0. The van der Waals surface area contributed by atoms with Crippen LogP contribution in [0.4, 0.5) is 34.9 Å². The van der Waals surface area contributed by atoms with E-state index in [1.54, 1.807) is 18.3 Å². The number of hydrogen-bond acceptors (Lipinski definition) is 10. The molecule has 0 amide bonds. The van der Waals surface area contributed by atoms with Crippen molar-refractivity contribution in [1.82, 2.24) is 15.0 Å². The fraction of sp³-hybridized carbons (Fsp3) is 0.333. The molecular weight excluding hydrogens is 446 g/mol. The molecule has 1 aromatic heterocycles. The number of nitrogens with zero attached hydrogens (tertiary/aromatic N) is 7. The lowest BCUT2D eigenvalue weighted by atomic mass is 10.2. The van der Waals surface area contributed by atoms with Gasteiger partial charge in [-0.2, -0.15) is 20.1 Å². The number of anilines is 5. The molecule has 3 aromatic rings. The molecule has 35 heavy (non-hydrogen) atoms. The van der Waals surface area contributed by atoms with Crippen molar-refractivity contribution in [1.29, 1.82) is 0 Å². The van der Waals surface area contributed by atoms with Crippen LogP contribution in [0.5, 0.6) is 0 Å². The van der Waals surface area contributed by atoms with Gasteiger partial charge in [0, 0.05) is 50.7 Å². The molecular formula is C24H29N9O2. The summed E-state index contributed by atoms with van der Waals surface area (Å²) in [5.74, 6) is 1.21. The highest BCUT2D eigenvalue weighted by atomic mass is 16.6. The predicted molar refractivity (Wildman–Crippen MR) is 139 cm³/mol. The van der Waals surface area contributed by atoms with Crippen LogP contribution < -0.4 is 20.5 Å². The Morgan fingerprint density at radius 3 is 2.23 bits per heavy atom. The van der Waals surface area contributed by atoms with Gasteiger partial charge in [0.2, 0.25) is 17.8 Å². The normalized spacial score (nSPS) is 13.9. The molecule has 4 rings (SSSR count). The highest BCUT2D eigenvalue weighted by Crippen LogP contribution is 2.22. The minimum Gasteiger partial charge on any atom is -0.378 e. The van der Waals surface area contributed by atoms with Gasteiger partial charge in [0.1, 0.15) is 0 Å². The molecule has 1 saturated heterocycles. The number of nitro groups is 1. The van der Waals surface area contributed by atoms with E-state index in [4.69, 9.17) is 0 Å². The van der Waals surface area contributed by atoms with Crippen molar-refractivity contribution in [3.63, 3.8) is 0 Å². The second-order valence-electron chi connectivity index (χ2n) is 8.47. The van der Waals surface area contributed by atoms with Gasteiger partial charge in [0.05, 0.1) is 11.1 Å². The van der Waals surface area contributed by atoms with Crippen LogP contribution in [0.15, 0.2) is 53.6 Å². The van der Waals surface area contributed by atoms with E-state index in [1.165, 1.54) is 25.0 Å². The minimum absolute atomic E-state index is 0.0201. The topological polar surface area (TPSA) is 125 Å². The van der Waals surface area contributed by atoms with Crippen LogP contribution in [0.3, 0.4) is 0 Å². The summed E-state index contributed by atoms with van der Waals surface area (Å²) in [6, 6.07) is 14.1. The van der Waals surface area contributed by atoms with Crippen LogP contribution in [-0.2, 0) is 0 Å². The third-order valence-electron chi connectivity index (χ3n) is 5.63. The van der Waals surface area contributed by atoms with Crippen LogP contribution in [0, 0.1) is 10.1 Å². The van der Waals surface area contributed by atoms with E-state index in [0.29, 0.717) is 23.5 Å². The molecule has 0 saturated carbocycles. The molecule has 0 atom stereocenters. The first kappa shape index (κ1) is 23.9. The van der Waals surface area contributed by atoms with Crippen LogP contribution in [0.25, 0.3) is 0 Å². The maximum absolute atomic E-state index is 10.9. The number of benzene rings is 2. The SMILES string of the molecule is CN(C)c1ccc(C=NNc2nc(Nc3ccc([N+](=O)[O-])cc3)nc(N3CCCCCC3)n2)cc1. The number of nitrogens with one attached hydrogen (secondary N) is 2. The molecule has 0 bridgehead atoms. The minimum atomic E-state index is -0.432. The average Bonchev–Trinajstić information content (AvgIpc) is 3.14. The second-order valence-corrected chi connectivity index (χ2v) is 8.47. The third kappa shape index (κ3) is 6.62. The summed E-state index contributed by atoms with van der Waals surface area (Å²) in [4.78, 5) is 28.3.